The molecule has 0 saturated heterocycles. The van der Waals surface area contributed by atoms with E-state index in [-0.39, 0.29) is 5.82 Å². The van der Waals surface area contributed by atoms with Gasteiger partial charge in [-0.25, -0.2) is 4.39 Å². The van der Waals surface area contributed by atoms with Crippen LogP contribution < -0.4 is 5.32 Å². The van der Waals surface area contributed by atoms with E-state index in [1.807, 2.05) is 6.07 Å². The predicted octanol–water partition coefficient (Wildman–Crippen LogP) is 4.81. The average molecular weight is 291 g/mol. The minimum Gasteiger partial charge on any atom is -0.313 e. The molecular weight excluding hydrogens is 261 g/mol. The maximum Gasteiger partial charge on any atom is 0.123 e. The first-order chi connectivity index (χ1) is 10.1. The first kappa shape index (κ1) is 16.5. The van der Waals surface area contributed by atoms with Crippen molar-refractivity contribution in [1.29, 1.82) is 0 Å². The number of hydrogen-bond acceptors (Lipinski definition) is 1. The molecule has 0 amide bonds. The van der Waals surface area contributed by atoms with Crippen molar-refractivity contribution in [3.05, 3.63) is 35.6 Å². The summed E-state index contributed by atoms with van der Waals surface area (Å²) in [4.78, 5) is 0. The normalized spacial score (nSPS) is 27.5. The van der Waals surface area contributed by atoms with E-state index in [9.17, 15) is 4.39 Å². The Morgan fingerprint density at radius 1 is 1.24 bits per heavy atom. The van der Waals surface area contributed by atoms with Gasteiger partial charge in [0.15, 0.2) is 0 Å². The van der Waals surface area contributed by atoms with Gasteiger partial charge in [0.05, 0.1) is 0 Å². The van der Waals surface area contributed by atoms with E-state index in [0.29, 0.717) is 6.04 Å². The van der Waals surface area contributed by atoms with Gasteiger partial charge in [-0.15, -0.1) is 0 Å². The molecule has 0 aliphatic heterocycles. The molecule has 0 spiro atoms. The van der Waals surface area contributed by atoms with Crippen LogP contribution >= 0.6 is 0 Å². The molecule has 1 aromatic carbocycles. The van der Waals surface area contributed by atoms with Crippen molar-refractivity contribution in [2.24, 2.45) is 17.8 Å². The van der Waals surface area contributed by atoms with Gasteiger partial charge in [-0.05, 0) is 67.7 Å². The van der Waals surface area contributed by atoms with E-state index in [1.54, 1.807) is 6.07 Å². The van der Waals surface area contributed by atoms with Crippen molar-refractivity contribution in [2.75, 3.05) is 6.54 Å². The fourth-order valence-electron chi connectivity index (χ4n) is 3.61. The van der Waals surface area contributed by atoms with Crippen LogP contribution in [0.2, 0.25) is 0 Å². The molecule has 2 heteroatoms. The van der Waals surface area contributed by atoms with Gasteiger partial charge in [0.2, 0.25) is 0 Å². The van der Waals surface area contributed by atoms with Crippen LogP contribution in [0.4, 0.5) is 4.39 Å². The summed E-state index contributed by atoms with van der Waals surface area (Å²) in [5, 5.41) is 3.72. The SMILES string of the molecule is CCCNC(Cc1cccc(F)c1)C1CCC(C)C(C)C1. The third-order valence-corrected chi connectivity index (χ3v) is 5.21. The summed E-state index contributed by atoms with van der Waals surface area (Å²) in [6.45, 7) is 8.02. The largest absolute Gasteiger partial charge is 0.313 e. The minimum absolute atomic E-state index is 0.118. The lowest BCUT2D eigenvalue weighted by atomic mass is 9.72. The van der Waals surface area contributed by atoms with Crippen molar-refractivity contribution in [1.82, 2.24) is 5.32 Å². The lowest BCUT2D eigenvalue weighted by Gasteiger charge is -2.37. The van der Waals surface area contributed by atoms with Crippen LogP contribution in [0.1, 0.15) is 52.0 Å². The highest BCUT2D eigenvalue weighted by Gasteiger charge is 2.29. The molecule has 0 bridgehead atoms. The third kappa shape index (κ3) is 4.81. The summed E-state index contributed by atoms with van der Waals surface area (Å²) in [5.41, 5.74) is 1.12. The molecule has 1 N–H and O–H groups in total. The maximum absolute atomic E-state index is 13.4. The van der Waals surface area contributed by atoms with Crippen LogP contribution in [0, 0.1) is 23.6 Å². The van der Waals surface area contributed by atoms with E-state index >= 15 is 0 Å². The van der Waals surface area contributed by atoms with Gasteiger partial charge in [-0.1, -0.05) is 39.3 Å². The van der Waals surface area contributed by atoms with Crippen molar-refractivity contribution < 1.29 is 4.39 Å². The molecule has 1 nitrogen and oxygen atoms in total. The van der Waals surface area contributed by atoms with Crippen molar-refractivity contribution >= 4 is 0 Å². The molecule has 1 fully saturated rings. The van der Waals surface area contributed by atoms with Crippen molar-refractivity contribution in [3.63, 3.8) is 0 Å². The predicted molar refractivity (Wildman–Crippen MR) is 87.9 cm³/mol. The van der Waals surface area contributed by atoms with Gasteiger partial charge in [0, 0.05) is 6.04 Å². The van der Waals surface area contributed by atoms with Crippen LogP contribution in [0.3, 0.4) is 0 Å². The molecule has 1 aliphatic rings. The van der Waals surface area contributed by atoms with Gasteiger partial charge in [-0.3, -0.25) is 0 Å². The average Bonchev–Trinajstić information content (AvgIpc) is 2.46. The van der Waals surface area contributed by atoms with Crippen LogP contribution in [0.15, 0.2) is 24.3 Å². The number of halogens is 1. The highest BCUT2D eigenvalue weighted by Crippen LogP contribution is 2.35. The Hall–Kier alpha value is -0.890. The highest BCUT2D eigenvalue weighted by molar-refractivity contribution is 5.17. The molecule has 118 valence electrons. The zero-order valence-electron chi connectivity index (χ0n) is 13.7. The maximum atomic E-state index is 13.4. The van der Waals surface area contributed by atoms with E-state index in [2.05, 4.69) is 32.2 Å². The molecule has 0 radical (unpaired) electrons. The van der Waals surface area contributed by atoms with Crippen LogP contribution in [-0.2, 0) is 6.42 Å². The summed E-state index contributed by atoms with van der Waals surface area (Å²) in [6.07, 6.45) is 6.04. The van der Waals surface area contributed by atoms with Crippen LogP contribution in [0.25, 0.3) is 0 Å². The van der Waals surface area contributed by atoms with E-state index in [4.69, 9.17) is 0 Å². The van der Waals surface area contributed by atoms with E-state index in [1.165, 1.54) is 25.3 Å². The van der Waals surface area contributed by atoms with Crippen molar-refractivity contribution in [3.8, 4) is 0 Å². The Morgan fingerprint density at radius 3 is 2.71 bits per heavy atom. The van der Waals surface area contributed by atoms with E-state index < -0.39 is 0 Å². The second-order valence-corrected chi connectivity index (χ2v) is 6.92. The first-order valence-electron chi connectivity index (χ1n) is 8.58. The number of nitrogens with one attached hydrogen (secondary N) is 1. The lowest BCUT2D eigenvalue weighted by Crippen LogP contribution is -2.41. The molecule has 0 aromatic heterocycles. The first-order valence-corrected chi connectivity index (χ1v) is 8.58. The molecule has 21 heavy (non-hydrogen) atoms. The van der Waals surface area contributed by atoms with Gasteiger partial charge >= 0.3 is 0 Å². The molecule has 4 unspecified atom stereocenters. The quantitative estimate of drug-likeness (QED) is 0.793. The number of hydrogen-bond donors (Lipinski definition) is 1. The van der Waals surface area contributed by atoms with Crippen molar-refractivity contribution in [2.45, 2.75) is 58.9 Å². The fraction of sp³-hybridized carbons (Fsp3) is 0.684. The smallest absolute Gasteiger partial charge is 0.123 e. The summed E-state index contributed by atoms with van der Waals surface area (Å²) in [7, 11) is 0. The Morgan fingerprint density at radius 2 is 2.05 bits per heavy atom. The van der Waals surface area contributed by atoms with E-state index in [0.717, 1.165) is 42.7 Å². The van der Waals surface area contributed by atoms with Crippen LogP contribution in [0.5, 0.6) is 0 Å². The molecule has 4 atom stereocenters. The topological polar surface area (TPSA) is 12.0 Å². The Labute approximate surface area is 129 Å². The second kappa shape index (κ2) is 7.93. The lowest BCUT2D eigenvalue weighted by molar-refractivity contribution is 0.170. The summed E-state index contributed by atoms with van der Waals surface area (Å²) in [5.74, 6) is 2.27. The Kier molecular flexibility index (Phi) is 6.22. The monoisotopic (exact) mass is 291 g/mol. The molecular formula is C19H30FN. The van der Waals surface area contributed by atoms with Gasteiger partial charge in [0.1, 0.15) is 5.82 Å². The number of rotatable bonds is 6. The Bertz CT molecular complexity index is 431. The number of benzene rings is 1. The molecule has 1 saturated carbocycles. The molecule has 0 heterocycles. The summed E-state index contributed by atoms with van der Waals surface area (Å²) < 4.78 is 13.4. The standard InChI is InChI=1S/C19H30FN/c1-4-10-21-19(13-16-6-5-7-18(20)12-16)17-9-8-14(2)15(3)11-17/h5-7,12,14-15,17,19,21H,4,8-11,13H2,1-3H3. The van der Waals surface area contributed by atoms with Crippen LogP contribution in [-0.4, -0.2) is 12.6 Å². The third-order valence-electron chi connectivity index (χ3n) is 5.21. The summed E-state index contributed by atoms with van der Waals surface area (Å²) >= 11 is 0. The van der Waals surface area contributed by atoms with Gasteiger partial charge < -0.3 is 5.32 Å². The molecule has 2 rings (SSSR count). The zero-order valence-corrected chi connectivity index (χ0v) is 13.7. The minimum atomic E-state index is -0.118. The Balaban J connectivity index is 2.03. The molecule has 1 aromatic rings. The highest BCUT2D eigenvalue weighted by atomic mass is 19.1. The zero-order chi connectivity index (χ0) is 15.2. The summed E-state index contributed by atoms with van der Waals surface area (Å²) in [6, 6.07) is 7.59. The fourth-order valence-corrected chi connectivity index (χ4v) is 3.61. The molecule has 1 aliphatic carbocycles. The van der Waals surface area contributed by atoms with Gasteiger partial charge in [0.25, 0.3) is 0 Å². The second-order valence-electron chi connectivity index (χ2n) is 6.92. The van der Waals surface area contributed by atoms with Gasteiger partial charge in [-0.2, -0.15) is 0 Å².